The molecule has 2 rings (SSSR count). The highest BCUT2D eigenvalue weighted by Gasteiger charge is 2.16. The summed E-state index contributed by atoms with van der Waals surface area (Å²) >= 11 is 1.32. The Morgan fingerprint density at radius 2 is 2.23 bits per heavy atom. The molecule has 0 unspecified atom stereocenters. The van der Waals surface area contributed by atoms with Crippen molar-refractivity contribution in [3.05, 3.63) is 23.8 Å². The first-order chi connectivity index (χ1) is 6.29. The fraction of sp³-hybridized carbons (Fsp3) is 0.300. The van der Waals surface area contributed by atoms with Crippen LogP contribution in [0.3, 0.4) is 0 Å². The summed E-state index contributed by atoms with van der Waals surface area (Å²) in [5.74, 6) is 0.820. The molecule has 1 aromatic rings. The maximum absolute atomic E-state index is 11.1. The van der Waals surface area contributed by atoms with Crippen LogP contribution in [0.2, 0.25) is 0 Å². The van der Waals surface area contributed by atoms with Crippen LogP contribution in [-0.4, -0.2) is 12.2 Å². The first-order valence-corrected chi connectivity index (χ1v) is 4.99. The number of hydrogen-bond acceptors (Lipinski definition) is 3. The molecule has 0 aliphatic carbocycles. The Morgan fingerprint density at radius 3 is 3.00 bits per heavy atom. The van der Waals surface area contributed by atoms with E-state index in [0.29, 0.717) is 6.42 Å². The largest absolute Gasteiger partial charge is 0.497 e. The molecule has 0 atom stereocenters. The molecule has 2 nitrogen and oxygen atoms in total. The Kier molecular flexibility index (Phi) is 2.27. The Labute approximate surface area is 81.3 Å². The molecule has 1 aliphatic rings. The number of thioether (sulfide) groups is 1. The second-order valence-electron chi connectivity index (χ2n) is 2.95. The zero-order valence-corrected chi connectivity index (χ0v) is 8.19. The van der Waals surface area contributed by atoms with E-state index in [1.54, 1.807) is 7.11 Å². The standard InChI is InChI=1S/C10H10O2S/c1-12-8-4-2-7-3-5-10(11)13-9(7)6-8/h2,4,6H,3,5H2,1H3. The molecular weight excluding hydrogens is 184 g/mol. The van der Waals surface area contributed by atoms with Crippen LogP contribution < -0.4 is 4.74 Å². The average Bonchev–Trinajstić information content (AvgIpc) is 2.16. The third kappa shape index (κ3) is 1.70. The first-order valence-electron chi connectivity index (χ1n) is 4.17. The fourth-order valence-electron chi connectivity index (χ4n) is 1.37. The Morgan fingerprint density at radius 1 is 1.38 bits per heavy atom. The van der Waals surface area contributed by atoms with Gasteiger partial charge in [-0.1, -0.05) is 17.8 Å². The molecule has 3 heteroatoms. The highest BCUT2D eigenvalue weighted by Crippen LogP contribution is 2.33. The lowest BCUT2D eigenvalue weighted by atomic mass is 10.1. The molecule has 0 saturated heterocycles. The van der Waals surface area contributed by atoms with Crippen LogP contribution in [0.1, 0.15) is 12.0 Å². The molecule has 1 heterocycles. The van der Waals surface area contributed by atoms with Gasteiger partial charge in [0.1, 0.15) is 5.75 Å². The van der Waals surface area contributed by atoms with Crippen molar-refractivity contribution in [1.29, 1.82) is 0 Å². The monoisotopic (exact) mass is 194 g/mol. The van der Waals surface area contributed by atoms with E-state index in [4.69, 9.17) is 4.74 Å². The summed E-state index contributed by atoms with van der Waals surface area (Å²) in [5, 5.41) is 0.251. The highest BCUT2D eigenvalue weighted by atomic mass is 32.2. The smallest absolute Gasteiger partial charge is 0.194 e. The van der Waals surface area contributed by atoms with Crippen molar-refractivity contribution in [3.8, 4) is 5.75 Å². The third-order valence-corrected chi connectivity index (χ3v) is 3.13. The van der Waals surface area contributed by atoms with E-state index in [0.717, 1.165) is 17.1 Å². The number of hydrogen-bond donors (Lipinski definition) is 0. The van der Waals surface area contributed by atoms with Crippen molar-refractivity contribution in [1.82, 2.24) is 0 Å². The van der Waals surface area contributed by atoms with Gasteiger partial charge in [0.2, 0.25) is 0 Å². The van der Waals surface area contributed by atoms with Gasteiger partial charge in [-0.25, -0.2) is 0 Å². The van der Waals surface area contributed by atoms with Gasteiger partial charge in [-0.15, -0.1) is 0 Å². The molecule has 0 bridgehead atoms. The lowest BCUT2D eigenvalue weighted by molar-refractivity contribution is -0.111. The Hall–Kier alpha value is -0.960. The van der Waals surface area contributed by atoms with E-state index in [2.05, 4.69) is 0 Å². The molecule has 1 aliphatic heterocycles. The number of methoxy groups -OCH3 is 1. The minimum Gasteiger partial charge on any atom is -0.497 e. The van der Waals surface area contributed by atoms with E-state index < -0.39 is 0 Å². The zero-order chi connectivity index (χ0) is 9.26. The van der Waals surface area contributed by atoms with Gasteiger partial charge in [0.15, 0.2) is 5.12 Å². The summed E-state index contributed by atoms with van der Waals surface area (Å²) in [5.41, 5.74) is 1.26. The number of aryl methyl sites for hydroxylation is 1. The predicted molar refractivity (Wildman–Crippen MR) is 52.2 cm³/mol. The third-order valence-electron chi connectivity index (χ3n) is 2.10. The molecule has 13 heavy (non-hydrogen) atoms. The normalized spacial score (nSPS) is 15.3. The van der Waals surface area contributed by atoms with Gasteiger partial charge in [-0.05, 0) is 24.1 Å². The van der Waals surface area contributed by atoms with Gasteiger partial charge < -0.3 is 4.74 Å². The predicted octanol–water partition coefficient (Wildman–Crippen LogP) is 2.26. The molecule has 0 fully saturated rings. The molecule has 0 aromatic heterocycles. The van der Waals surface area contributed by atoms with Gasteiger partial charge in [0, 0.05) is 11.3 Å². The first kappa shape index (κ1) is 8.63. The minimum absolute atomic E-state index is 0.251. The summed E-state index contributed by atoms with van der Waals surface area (Å²) in [6.45, 7) is 0. The van der Waals surface area contributed by atoms with E-state index in [-0.39, 0.29) is 5.12 Å². The maximum Gasteiger partial charge on any atom is 0.194 e. The van der Waals surface area contributed by atoms with Crippen LogP contribution in [0.15, 0.2) is 23.1 Å². The number of rotatable bonds is 1. The lowest BCUT2D eigenvalue weighted by Crippen LogP contribution is -2.03. The number of carbonyl (C=O) groups excluding carboxylic acids is 1. The Balaban J connectivity index is 2.38. The van der Waals surface area contributed by atoms with Gasteiger partial charge >= 0.3 is 0 Å². The molecule has 0 radical (unpaired) electrons. The second-order valence-corrected chi connectivity index (χ2v) is 4.05. The summed E-state index contributed by atoms with van der Waals surface area (Å²) in [7, 11) is 1.64. The molecule has 0 spiro atoms. The average molecular weight is 194 g/mol. The van der Waals surface area contributed by atoms with Crippen molar-refractivity contribution >= 4 is 16.9 Å². The molecule has 0 saturated carbocycles. The number of carbonyl (C=O) groups is 1. The SMILES string of the molecule is COc1ccc2c(c1)SC(=O)CC2. The molecule has 1 aromatic carbocycles. The zero-order valence-electron chi connectivity index (χ0n) is 7.37. The summed E-state index contributed by atoms with van der Waals surface area (Å²) < 4.78 is 5.09. The van der Waals surface area contributed by atoms with Crippen molar-refractivity contribution < 1.29 is 9.53 Å². The number of ether oxygens (including phenoxy) is 1. The van der Waals surface area contributed by atoms with E-state index in [9.17, 15) is 4.79 Å². The fourth-order valence-corrected chi connectivity index (χ4v) is 2.30. The van der Waals surface area contributed by atoms with Crippen LogP contribution in [0.4, 0.5) is 0 Å². The summed E-state index contributed by atoms with van der Waals surface area (Å²) in [4.78, 5) is 12.2. The van der Waals surface area contributed by atoms with Crippen molar-refractivity contribution in [3.63, 3.8) is 0 Å². The van der Waals surface area contributed by atoms with Crippen LogP contribution in [0, 0.1) is 0 Å². The van der Waals surface area contributed by atoms with Gasteiger partial charge in [-0.2, -0.15) is 0 Å². The highest BCUT2D eigenvalue weighted by molar-refractivity contribution is 8.13. The van der Waals surface area contributed by atoms with Crippen molar-refractivity contribution in [2.75, 3.05) is 7.11 Å². The summed E-state index contributed by atoms with van der Waals surface area (Å²) in [6.07, 6.45) is 1.52. The molecular formula is C10H10O2S. The van der Waals surface area contributed by atoms with Crippen LogP contribution in [0.25, 0.3) is 0 Å². The topological polar surface area (TPSA) is 26.3 Å². The van der Waals surface area contributed by atoms with Crippen molar-refractivity contribution in [2.45, 2.75) is 17.7 Å². The van der Waals surface area contributed by atoms with Gasteiger partial charge in [0.25, 0.3) is 0 Å². The van der Waals surface area contributed by atoms with Crippen molar-refractivity contribution in [2.24, 2.45) is 0 Å². The number of benzene rings is 1. The minimum atomic E-state index is 0.251. The van der Waals surface area contributed by atoms with Crippen LogP contribution in [-0.2, 0) is 11.2 Å². The van der Waals surface area contributed by atoms with Gasteiger partial charge in [0.05, 0.1) is 7.11 Å². The van der Waals surface area contributed by atoms with E-state index >= 15 is 0 Å². The maximum atomic E-state index is 11.1. The lowest BCUT2D eigenvalue weighted by Gasteiger charge is -2.14. The van der Waals surface area contributed by atoms with Crippen LogP contribution >= 0.6 is 11.8 Å². The molecule has 0 amide bonds. The van der Waals surface area contributed by atoms with E-state index in [1.165, 1.54) is 17.3 Å². The second kappa shape index (κ2) is 3.42. The van der Waals surface area contributed by atoms with Crippen LogP contribution in [0.5, 0.6) is 5.75 Å². The summed E-state index contributed by atoms with van der Waals surface area (Å²) in [6, 6.07) is 5.90. The number of fused-ring (bicyclic) bond motifs is 1. The Bertz CT molecular complexity index is 347. The van der Waals surface area contributed by atoms with Gasteiger partial charge in [-0.3, -0.25) is 4.79 Å². The molecule has 0 N–H and O–H groups in total. The van der Waals surface area contributed by atoms with E-state index in [1.807, 2.05) is 18.2 Å². The quantitative estimate of drug-likeness (QED) is 0.686. The molecule has 68 valence electrons.